The molecule has 0 radical (unpaired) electrons. The van der Waals surface area contributed by atoms with Gasteiger partial charge in [0, 0.05) is 11.4 Å². The molecule has 3 heterocycles. The zero-order valence-electron chi connectivity index (χ0n) is 15.6. The zero-order chi connectivity index (χ0) is 20.5. The van der Waals surface area contributed by atoms with Gasteiger partial charge in [-0.25, -0.2) is 4.99 Å². The number of nitro groups is 1. The summed E-state index contributed by atoms with van der Waals surface area (Å²) < 4.78 is 18.4. The lowest BCUT2D eigenvalue weighted by molar-refractivity contribution is -0.384. The molecule has 0 aliphatic carbocycles. The Kier molecular flexibility index (Phi) is 4.56. The van der Waals surface area contributed by atoms with Gasteiger partial charge < -0.3 is 18.5 Å². The minimum absolute atomic E-state index is 0.0416. The number of aromatic nitrogens is 1. The van der Waals surface area contributed by atoms with Gasteiger partial charge in [-0.2, -0.15) is 0 Å². The third-order valence-corrected chi connectivity index (χ3v) is 5.51. The molecular weight excluding hydrogens is 406 g/mol. The molecular formula is C21H15N3O5S. The van der Waals surface area contributed by atoms with Gasteiger partial charge in [0.25, 0.3) is 5.69 Å². The van der Waals surface area contributed by atoms with Crippen LogP contribution in [0.3, 0.4) is 0 Å². The fourth-order valence-corrected chi connectivity index (χ4v) is 4.13. The summed E-state index contributed by atoms with van der Waals surface area (Å²) in [5.41, 5.74) is 2.07. The summed E-state index contributed by atoms with van der Waals surface area (Å²) >= 11 is 1.39. The maximum atomic E-state index is 11.4. The lowest BCUT2D eigenvalue weighted by atomic mass is 10.2. The first-order valence-corrected chi connectivity index (χ1v) is 9.96. The second-order valence-electron chi connectivity index (χ2n) is 6.51. The highest BCUT2D eigenvalue weighted by molar-refractivity contribution is 7.07. The molecule has 0 atom stereocenters. The normalized spacial score (nSPS) is 13.0. The summed E-state index contributed by atoms with van der Waals surface area (Å²) in [6.07, 6.45) is 1.61. The Labute approximate surface area is 174 Å². The first-order chi connectivity index (χ1) is 14.7. The number of fused-ring (bicyclic) bond motifs is 1. The van der Waals surface area contributed by atoms with E-state index in [0.717, 1.165) is 11.3 Å². The fourth-order valence-electron chi connectivity index (χ4n) is 3.23. The van der Waals surface area contributed by atoms with Crippen LogP contribution in [0, 0.1) is 10.1 Å². The van der Waals surface area contributed by atoms with Gasteiger partial charge in [-0.15, -0.1) is 11.3 Å². The Balaban J connectivity index is 1.63. The predicted octanol–water partition coefficient (Wildman–Crippen LogP) is 4.73. The highest BCUT2D eigenvalue weighted by Gasteiger charge is 2.17. The van der Waals surface area contributed by atoms with E-state index in [1.165, 1.54) is 17.4 Å². The van der Waals surface area contributed by atoms with Gasteiger partial charge >= 0.3 is 0 Å². The summed E-state index contributed by atoms with van der Waals surface area (Å²) in [5, 5.41) is 13.3. The molecule has 4 aromatic rings. The first-order valence-electron chi connectivity index (χ1n) is 9.08. The second kappa shape index (κ2) is 7.53. The number of benzene rings is 2. The zero-order valence-corrected chi connectivity index (χ0v) is 16.4. The van der Waals surface area contributed by atoms with Crippen molar-refractivity contribution in [2.24, 2.45) is 4.99 Å². The van der Waals surface area contributed by atoms with Crippen LogP contribution in [-0.2, 0) is 6.54 Å². The van der Waals surface area contributed by atoms with E-state index >= 15 is 0 Å². The Morgan fingerprint density at radius 1 is 1.10 bits per heavy atom. The van der Waals surface area contributed by atoms with Gasteiger partial charge in [-0.3, -0.25) is 10.1 Å². The maximum absolute atomic E-state index is 11.4. The minimum atomic E-state index is -0.429. The molecule has 8 nitrogen and oxygen atoms in total. The van der Waals surface area contributed by atoms with Crippen molar-refractivity contribution >= 4 is 22.7 Å². The van der Waals surface area contributed by atoms with Crippen molar-refractivity contribution in [3.63, 3.8) is 0 Å². The van der Waals surface area contributed by atoms with Crippen LogP contribution in [0.25, 0.3) is 11.5 Å². The van der Waals surface area contributed by atoms with Crippen LogP contribution < -0.4 is 14.3 Å². The molecule has 0 amide bonds. The number of ether oxygens (including phenoxy) is 2. The van der Waals surface area contributed by atoms with E-state index in [2.05, 4.69) is 4.99 Å². The standard InChI is InChI=1S/C21H15N3O5S/c25-24(26)16-5-2-1-4-15(16)22-21-23(17(12-30-21)18-6-3-9-27-18)11-14-7-8-19-20(10-14)29-13-28-19/h1-10,12H,11,13H2. The number of hydrogen-bond donors (Lipinski definition) is 0. The Hall–Kier alpha value is -3.85. The molecule has 0 N–H and O–H groups in total. The lowest BCUT2D eigenvalue weighted by Gasteiger charge is -2.09. The summed E-state index contributed by atoms with van der Waals surface area (Å²) in [6, 6.07) is 15.9. The molecule has 9 heteroatoms. The highest BCUT2D eigenvalue weighted by Crippen LogP contribution is 2.33. The summed E-state index contributed by atoms with van der Waals surface area (Å²) in [5.74, 6) is 2.10. The van der Waals surface area contributed by atoms with Crippen molar-refractivity contribution < 1.29 is 18.8 Å². The van der Waals surface area contributed by atoms with Crippen LogP contribution in [0.4, 0.5) is 11.4 Å². The molecule has 0 bridgehead atoms. The van der Waals surface area contributed by atoms with E-state index in [1.54, 1.807) is 24.5 Å². The second-order valence-corrected chi connectivity index (χ2v) is 7.35. The molecule has 30 heavy (non-hydrogen) atoms. The number of nitro benzene ring substituents is 1. The Morgan fingerprint density at radius 3 is 2.80 bits per heavy atom. The molecule has 1 aliphatic rings. The van der Waals surface area contributed by atoms with Crippen LogP contribution in [0.1, 0.15) is 5.56 Å². The van der Waals surface area contributed by atoms with E-state index in [4.69, 9.17) is 13.9 Å². The van der Waals surface area contributed by atoms with Crippen molar-refractivity contribution in [2.75, 3.05) is 6.79 Å². The van der Waals surface area contributed by atoms with Gasteiger partial charge in [-0.05, 0) is 35.9 Å². The van der Waals surface area contributed by atoms with E-state index in [0.29, 0.717) is 34.3 Å². The quantitative estimate of drug-likeness (QED) is 0.343. The number of furan rings is 1. The van der Waals surface area contributed by atoms with Crippen molar-refractivity contribution in [1.29, 1.82) is 0 Å². The number of hydrogen-bond acceptors (Lipinski definition) is 7. The third kappa shape index (κ3) is 3.35. The van der Waals surface area contributed by atoms with Gasteiger partial charge in [0.05, 0.1) is 23.4 Å². The monoisotopic (exact) mass is 421 g/mol. The number of thiazole rings is 1. The molecule has 5 rings (SSSR count). The number of rotatable bonds is 5. The van der Waals surface area contributed by atoms with Crippen LogP contribution in [0.5, 0.6) is 11.5 Å². The van der Waals surface area contributed by atoms with Crippen molar-refractivity contribution in [1.82, 2.24) is 4.57 Å². The third-order valence-electron chi connectivity index (χ3n) is 4.64. The van der Waals surface area contributed by atoms with Crippen LogP contribution in [0.15, 0.2) is 75.7 Å². The number of nitrogens with zero attached hydrogens (tertiary/aromatic N) is 3. The topological polar surface area (TPSA) is 92.0 Å². The molecule has 1 aliphatic heterocycles. The summed E-state index contributed by atoms with van der Waals surface area (Å²) in [7, 11) is 0. The van der Waals surface area contributed by atoms with Crippen molar-refractivity contribution in [3.8, 4) is 23.0 Å². The van der Waals surface area contributed by atoms with Gasteiger partial charge in [-0.1, -0.05) is 18.2 Å². The average Bonchev–Trinajstić information content (AvgIpc) is 3.49. The largest absolute Gasteiger partial charge is 0.463 e. The molecule has 0 saturated carbocycles. The van der Waals surface area contributed by atoms with Gasteiger partial charge in [0.1, 0.15) is 5.69 Å². The van der Waals surface area contributed by atoms with Gasteiger partial charge in [0.15, 0.2) is 22.1 Å². The SMILES string of the molecule is O=[N+]([O-])c1ccccc1N=c1scc(-c2ccco2)n1Cc1ccc2c(c1)OCO2. The molecule has 0 saturated heterocycles. The Morgan fingerprint density at radius 2 is 1.97 bits per heavy atom. The molecule has 0 spiro atoms. The molecule has 0 unspecified atom stereocenters. The molecule has 2 aromatic carbocycles. The van der Waals surface area contributed by atoms with Crippen molar-refractivity contribution in [2.45, 2.75) is 6.54 Å². The summed E-state index contributed by atoms with van der Waals surface area (Å²) in [6.45, 7) is 0.690. The van der Waals surface area contributed by atoms with Crippen LogP contribution in [0.2, 0.25) is 0 Å². The van der Waals surface area contributed by atoms with Crippen LogP contribution in [-0.4, -0.2) is 16.3 Å². The predicted molar refractivity (Wildman–Crippen MR) is 110 cm³/mol. The number of para-hydroxylation sites is 2. The van der Waals surface area contributed by atoms with E-state index in [9.17, 15) is 10.1 Å². The maximum Gasteiger partial charge on any atom is 0.294 e. The lowest BCUT2D eigenvalue weighted by Crippen LogP contribution is -2.16. The highest BCUT2D eigenvalue weighted by atomic mass is 32.1. The van der Waals surface area contributed by atoms with E-state index in [-0.39, 0.29) is 12.5 Å². The van der Waals surface area contributed by atoms with Gasteiger partial charge in [0.2, 0.25) is 6.79 Å². The summed E-state index contributed by atoms with van der Waals surface area (Å²) in [4.78, 5) is 16.2. The van der Waals surface area contributed by atoms with E-state index in [1.807, 2.05) is 40.3 Å². The molecule has 2 aromatic heterocycles. The first kappa shape index (κ1) is 18.2. The smallest absolute Gasteiger partial charge is 0.294 e. The fraction of sp³-hybridized carbons (Fsp3) is 0.0952. The average molecular weight is 421 g/mol. The molecule has 0 fully saturated rings. The molecule has 150 valence electrons. The van der Waals surface area contributed by atoms with Crippen LogP contribution >= 0.6 is 11.3 Å². The van der Waals surface area contributed by atoms with Crippen molar-refractivity contribution in [3.05, 3.63) is 86.7 Å². The minimum Gasteiger partial charge on any atom is -0.463 e. The van der Waals surface area contributed by atoms with E-state index < -0.39 is 4.92 Å². The Bertz CT molecular complexity index is 1290.